The lowest BCUT2D eigenvalue weighted by Crippen LogP contribution is -2.25. The van der Waals surface area contributed by atoms with Crippen LogP contribution in [0.5, 0.6) is 0 Å². The molecular formula is C37H40N2O4. The summed E-state index contributed by atoms with van der Waals surface area (Å²) in [4.78, 5) is 21.8. The number of nitro benzene ring substituents is 2. The molecule has 4 aromatic carbocycles. The lowest BCUT2D eigenvalue weighted by molar-refractivity contribution is -0.385. The number of benzene rings is 4. The van der Waals surface area contributed by atoms with Crippen LogP contribution >= 0.6 is 0 Å². The van der Waals surface area contributed by atoms with Crippen LogP contribution in [0.4, 0.5) is 11.4 Å². The quantitative estimate of drug-likeness (QED) is 0.0848. The van der Waals surface area contributed by atoms with Gasteiger partial charge in [0.25, 0.3) is 11.4 Å². The van der Waals surface area contributed by atoms with Crippen molar-refractivity contribution < 1.29 is 9.85 Å². The molecule has 0 heterocycles. The Morgan fingerprint density at radius 3 is 1.23 bits per heavy atom. The van der Waals surface area contributed by atoms with E-state index in [-0.39, 0.29) is 26.6 Å². The van der Waals surface area contributed by atoms with E-state index in [0.717, 1.165) is 47.9 Å². The minimum absolute atomic E-state index is 0.0947. The molecule has 222 valence electrons. The molecule has 1 aliphatic carbocycles. The van der Waals surface area contributed by atoms with E-state index < -0.39 is 0 Å². The van der Waals surface area contributed by atoms with E-state index in [1.807, 2.05) is 24.3 Å². The van der Waals surface area contributed by atoms with Crippen molar-refractivity contribution in [3.63, 3.8) is 0 Å². The fourth-order valence-corrected chi connectivity index (χ4v) is 6.78. The molecular weight excluding hydrogens is 536 g/mol. The minimum Gasteiger partial charge on any atom is -0.258 e. The fraction of sp³-hybridized carbons (Fsp3) is 0.351. The summed E-state index contributed by atoms with van der Waals surface area (Å²) in [6.45, 7) is 4.49. The summed E-state index contributed by atoms with van der Waals surface area (Å²) in [5.41, 5.74) is 9.38. The highest BCUT2D eigenvalue weighted by Gasteiger charge is 2.42. The monoisotopic (exact) mass is 576 g/mol. The fourth-order valence-electron chi connectivity index (χ4n) is 6.78. The molecule has 0 bridgehead atoms. The summed E-state index contributed by atoms with van der Waals surface area (Å²) in [6.07, 6.45) is 11.6. The van der Waals surface area contributed by atoms with Gasteiger partial charge in [0, 0.05) is 29.7 Å². The van der Waals surface area contributed by atoms with Crippen LogP contribution in [-0.4, -0.2) is 9.85 Å². The molecule has 6 nitrogen and oxygen atoms in total. The third kappa shape index (κ3) is 6.24. The largest absolute Gasteiger partial charge is 0.269 e. The Hall–Kier alpha value is -4.32. The Balaban J connectivity index is 1.63. The SMILES string of the molecule is CCCCCCC1(CCCCCC)c2cc(-c3ccc([N+](=O)[O-])cc3)ccc2-c2ccc(-c3ccc([N+](=O)[O-])cc3)cc21. The third-order valence-corrected chi connectivity index (χ3v) is 9.10. The number of nitro groups is 2. The van der Waals surface area contributed by atoms with Gasteiger partial charge in [-0.15, -0.1) is 0 Å². The first-order chi connectivity index (χ1) is 20.9. The van der Waals surface area contributed by atoms with Crippen LogP contribution in [0, 0.1) is 20.2 Å². The Labute approximate surface area is 254 Å². The summed E-state index contributed by atoms with van der Waals surface area (Å²) >= 11 is 0. The van der Waals surface area contributed by atoms with Crippen LogP contribution in [0.1, 0.15) is 89.2 Å². The molecule has 43 heavy (non-hydrogen) atoms. The second kappa shape index (κ2) is 13.3. The van der Waals surface area contributed by atoms with Crippen molar-refractivity contribution in [3.05, 3.63) is 116 Å². The van der Waals surface area contributed by atoms with E-state index in [2.05, 4.69) is 50.2 Å². The van der Waals surface area contributed by atoms with Crippen molar-refractivity contribution in [3.8, 4) is 33.4 Å². The van der Waals surface area contributed by atoms with Gasteiger partial charge in [-0.2, -0.15) is 0 Å². The van der Waals surface area contributed by atoms with Gasteiger partial charge in [0.15, 0.2) is 0 Å². The molecule has 0 atom stereocenters. The van der Waals surface area contributed by atoms with Crippen LogP contribution in [0.2, 0.25) is 0 Å². The van der Waals surface area contributed by atoms with E-state index >= 15 is 0 Å². The first-order valence-electron chi connectivity index (χ1n) is 15.7. The van der Waals surface area contributed by atoms with Gasteiger partial charge >= 0.3 is 0 Å². The maximum Gasteiger partial charge on any atom is 0.269 e. The van der Waals surface area contributed by atoms with Crippen molar-refractivity contribution in [2.75, 3.05) is 0 Å². The van der Waals surface area contributed by atoms with Crippen molar-refractivity contribution in [2.24, 2.45) is 0 Å². The molecule has 0 saturated heterocycles. The van der Waals surface area contributed by atoms with E-state index in [0.29, 0.717) is 0 Å². The molecule has 0 aromatic heterocycles. The summed E-state index contributed by atoms with van der Waals surface area (Å²) in [5.74, 6) is 0. The zero-order valence-electron chi connectivity index (χ0n) is 25.2. The standard InChI is InChI=1S/C37H40N2O4/c1-3-5-7-9-23-37(24-10-8-6-4-2)35-25-29(27-11-17-31(18-12-27)38(40)41)15-21-33(35)34-22-16-30(26-36(34)37)28-13-19-32(20-14-28)39(42)43/h11-22,25-26H,3-10,23-24H2,1-2H3. The van der Waals surface area contributed by atoms with E-state index in [9.17, 15) is 20.2 Å². The summed E-state index contributed by atoms with van der Waals surface area (Å²) < 4.78 is 0. The second-order valence-corrected chi connectivity index (χ2v) is 11.8. The number of nitrogens with zero attached hydrogens (tertiary/aromatic N) is 2. The highest BCUT2D eigenvalue weighted by Crippen LogP contribution is 2.55. The lowest BCUT2D eigenvalue weighted by atomic mass is 9.70. The summed E-state index contributed by atoms with van der Waals surface area (Å²) in [6, 6.07) is 27.1. The van der Waals surface area contributed by atoms with Gasteiger partial charge in [-0.3, -0.25) is 20.2 Å². The minimum atomic E-state index is -0.358. The third-order valence-electron chi connectivity index (χ3n) is 9.10. The van der Waals surface area contributed by atoms with Crippen LogP contribution in [0.3, 0.4) is 0 Å². The van der Waals surface area contributed by atoms with Crippen LogP contribution in [-0.2, 0) is 5.41 Å². The van der Waals surface area contributed by atoms with Gasteiger partial charge in [-0.05, 0) is 93.7 Å². The number of rotatable bonds is 14. The van der Waals surface area contributed by atoms with Gasteiger partial charge < -0.3 is 0 Å². The number of unbranched alkanes of at least 4 members (excludes halogenated alkanes) is 6. The van der Waals surface area contributed by atoms with E-state index in [4.69, 9.17) is 0 Å². The molecule has 0 amide bonds. The van der Waals surface area contributed by atoms with E-state index in [1.54, 1.807) is 24.3 Å². The van der Waals surface area contributed by atoms with Gasteiger partial charge in [-0.1, -0.05) is 89.5 Å². The second-order valence-electron chi connectivity index (χ2n) is 11.8. The van der Waals surface area contributed by atoms with Gasteiger partial charge in [-0.25, -0.2) is 0 Å². The zero-order valence-corrected chi connectivity index (χ0v) is 25.2. The molecule has 0 N–H and O–H groups in total. The maximum atomic E-state index is 11.3. The molecule has 1 aliphatic rings. The van der Waals surface area contributed by atoms with Crippen molar-refractivity contribution in [1.82, 2.24) is 0 Å². The molecule has 4 aromatic rings. The normalized spacial score (nSPS) is 13.0. The molecule has 0 fully saturated rings. The molecule has 0 aliphatic heterocycles. The summed E-state index contributed by atoms with van der Waals surface area (Å²) in [5, 5.41) is 22.5. The van der Waals surface area contributed by atoms with E-state index in [1.165, 1.54) is 60.8 Å². The summed E-state index contributed by atoms with van der Waals surface area (Å²) in [7, 11) is 0. The average Bonchev–Trinajstić information content (AvgIpc) is 3.30. The smallest absolute Gasteiger partial charge is 0.258 e. The number of non-ortho nitro benzene ring substituents is 2. The maximum absolute atomic E-state index is 11.3. The van der Waals surface area contributed by atoms with Crippen molar-refractivity contribution >= 4 is 11.4 Å². The highest BCUT2D eigenvalue weighted by molar-refractivity contribution is 5.86. The molecule has 0 unspecified atom stereocenters. The number of hydrogen-bond donors (Lipinski definition) is 0. The predicted molar refractivity (Wildman–Crippen MR) is 174 cm³/mol. The van der Waals surface area contributed by atoms with Crippen molar-refractivity contribution in [2.45, 2.75) is 83.5 Å². The molecule has 0 spiro atoms. The Morgan fingerprint density at radius 2 is 0.884 bits per heavy atom. The molecule has 6 heteroatoms. The van der Waals surface area contributed by atoms with Gasteiger partial charge in [0.1, 0.15) is 0 Å². The first-order valence-corrected chi connectivity index (χ1v) is 15.7. The highest BCUT2D eigenvalue weighted by atomic mass is 16.6. The number of fused-ring (bicyclic) bond motifs is 3. The zero-order chi connectivity index (χ0) is 30.4. The predicted octanol–water partition coefficient (Wildman–Crippen LogP) is 11.0. The molecule has 0 radical (unpaired) electrons. The van der Waals surface area contributed by atoms with Crippen LogP contribution in [0.25, 0.3) is 33.4 Å². The van der Waals surface area contributed by atoms with Crippen LogP contribution in [0.15, 0.2) is 84.9 Å². The molecule has 0 saturated carbocycles. The Morgan fingerprint density at radius 1 is 0.512 bits per heavy atom. The van der Waals surface area contributed by atoms with Gasteiger partial charge in [0.2, 0.25) is 0 Å². The topological polar surface area (TPSA) is 86.3 Å². The lowest BCUT2D eigenvalue weighted by Gasteiger charge is -2.33. The average molecular weight is 577 g/mol. The number of hydrogen-bond acceptors (Lipinski definition) is 4. The molecule has 5 rings (SSSR count). The van der Waals surface area contributed by atoms with Crippen LogP contribution < -0.4 is 0 Å². The van der Waals surface area contributed by atoms with Gasteiger partial charge in [0.05, 0.1) is 9.85 Å². The van der Waals surface area contributed by atoms with Crippen molar-refractivity contribution in [1.29, 1.82) is 0 Å². The first kappa shape index (κ1) is 30.1. The Kier molecular flexibility index (Phi) is 9.34. The Bertz CT molecular complexity index is 1470.